The summed E-state index contributed by atoms with van der Waals surface area (Å²) in [5.41, 5.74) is 0.966. The zero-order chi connectivity index (χ0) is 16.2. The fourth-order valence-electron chi connectivity index (χ4n) is 2.67. The van der Waals surface area contributed by atoms with Crippen molar-refractivity contribution in [3.8, 4) is 0 Å². The first-order valence-corrected chi connectivity index (χ1v) is 7.42. The molecule has 0 spiro atoms. The molecule has 0 saturated carbocycles. The first-order chi connectivity index (χ1) is 11.2. The molecule has 0 fully saturated rings. The van der Waals surface area contributed by atoms with Crippen LogP contribution in [0.15, 0.2) is 46.0 Å². The molecule has 0 radical (unpaired) electrons. The summed E-state index contributed by atoms with van der Waals surface area (Å²) < 4.78 is 5.43. The van der Waals surface area contributed by atoms with Gasteiger partial charge in [-0.15, -0.1) is 0 Å². The summed E-state index contributed by atoms with van der Waals surface area (Å²) in [7, 11) is 0. The maximum absolute atomic E-state index is 12.2. The number of unbranched alkanes of at least 4 members (excludes halogenated alkanes) is 1. The quantitative estimate of drug-likeness (QED) is 0.292. The lowest BCUT2D eigenvalue weighted by atomic mass is 10.1. The number of fused-ring (bicyclic) bond motifs is 1. The van der Waals surface area contributed by atoms with Gasteiger partial charge in [0, 0.05) is 13.0 Å². The highest BCUT2D eigenvalue weighted by Gasteiger charge is 2.34. The van der Waals surface area contributed by atoms with Gasteiger partial charge in [-0.05, 0) is 37.1 Å². The van der Waals surface area contributed by atoms with Gasteiger partial charge in [-0.1, -0.05) is 17.3 Å². The van der Waals surface area contributed by atoms with Crippen molar-refractivity contribution in [2.75, 3.05) is 6.54 Å². The van der Waals surface area contributed by atoms with Crippen molar-refractivity contribution in [2.45, 2.75) is 19.3 Å². The molecule has 3 rings (SSSR count). The fourth-order valence-corrected chi connectivity index (χ4v) is 2.67. The number of carbonyl (C=O) groups is 2. The van der Waals surface area contributed by atoms with Crippen molar-refractivity contribution in [3.05, 3.63) is 59.0 Å². The zero-order valence-electron chi connectivity index (χ0n) is 12.4. The number of rotatable bonds is 6. The van der Waals surface area contributed by atoms with E-state index in [0.29, 0.717) is 36.3 Å². The van der Waals surface area contributed by atoms with Crippen LogP contribution in [0.1, 0.15) is 45.1 Å². The van der Waals surface area contributed by atoms with Crippen molar-refractivity contribution in [2.24, 2.45) is 5.16 Å². The van der Waals surface area contributed by atoms with Gasteiger partial charge >= 0.3 is 0 Å². The van der Waals surface area contributed by atoms with E-state index in [1.54, 1.807) is 30.3 Å². The number of hydrogen-bond acceptors (Lipinski definition) is 5. The molecule has 0 bridgehead atoms. The molecule has 0 aliphatic carbocycles. The average molecular weight is 312 g/mol. The zero-order valence-corrected chi connectivity index (χ0v) is 12.4. The van der Waals surface area contributed by atoms with E-state index in [1.807, 2.05) is 6.07 Å². The molecule has 1 aromatic heterocycles. The van der Waals surface area contributed by atoms with Crippen molar-refractivity contribution in [1.29, 1.82) is 0 Å². The predicted octanol–water partition coefficient (Wildman–Crippen LogP) is 2.71. The van der Waals surface area contributed by atoms with Crippen molar-refractivity contribution in [3.63, 3.8) is 0 Å². The highest BCUT2D eigenvalue weighted by atomic mass is 16.4. The molecule has 6 nitrogen and oxygen atoms in total. The monoisotopic (exact) mass is 312 g/mol. The van der Waals surface area contributed by atoms with Gasteiger partial charge in [-0.3, -0.25) is 14.5 Å². The highest BCUT2D eigenvalue weighted by Crippen LogP contribution is 2.22. The lowest BCUT2D eigenvalue weighted by Crippen LogP contribution is -2.30. The van der Waals surface area contributed by atoms with Crippen molar-refractivity contribution < 1.29 is 19.2 Å². The lowest BCUT2D eigenvalue weighted by molar-refractivity contribution is 0.0651. The Bertz CT molecular complexity index is 728. The average Bonchev–Trinajstić information content (AvgIpc) is 3.10. The summed E-state index contributed by atoms with van der Waals surface area (Å²) in [6.45, 7) is 0.401. The second-order valence-corrected chi connectivity index (χ2v) is 5.31. The van der Waals surface area contributed by atoms with E-state index in [9.17, 15) is 9.59 Å². The fraction of sp³-hybridized carbons (Fsp3) is 0.235. The number of carbonyl (C=O) groups excluding carboxylic acids is 2. The standard InChI is InChI=1S/C17H16N2O4/c20-16-14-6-1-2-7-15(14)17(21)19(16)10-4-3-5-12-8-9-13(23-12)11-18-22/h1-2,6-9,11,22H,3-5,10H2/b18-11+. The smallest absolute Gasteiger partial charge is 0.261 e. The minimum Gasteiger partial charge on any atom is -0.460 e. The molecule has 1 aliphatic heterocycles. The first-order valence-electron chi connectivity index (χ1n) is 7.42. The second-order valence-electron chi connectivity index (χ2n) is 5.31. The summed E-state index contributed by atoms with van der Waals surface area (Å²) in [6.07, 6.45) is 3.41. The summed E-state index contributed by atoms with van der Waals surface area (Å²) in [4.78, 5) is 25.7. The maximum atomic E-state index is 12.2. The Hall–Kier alpha value is -2.89. The second kappa shape index (κ2) is 6.48. The van der Waals surface area contributed by atoms with E-state index >= 15 is 0 Å². The molecule has 1 N–H and O–H groups in total. The van der Waals surface area contributed by atoms with Gasteiger partial charge in [0.2, 0.25) is 0 Å². The van der Waals surface area contributed by atoms with Gasteiger partial charge in [0.05, 0.1) is 11.1 Å². The SMILES string of the molecule is O=C1c2ccccc2C(=O)N1CCCCc1ccc(/C=N/O)o1. The molecule has 1 aliphatic rings. The number of oxime groups is 1. The molecule has 1 aromatic carbocycles. The van der Waals surface area contributed by atoms with Gasteiger partial charge in [0.1, 0.15) is 17.7 Å². The summed E-state index contributed by atoms with van der Waals surface area (Å²) in [6, 6.07) is 10.4. The van der Waals surface area contributed by atoms with Crippen LogP contribution < -0.4 is 0 Å². The minimum atomic E-state index is -0.218. The first kappa shape index (κ1) is 15.0. The Morgan fingerprint density at radius 2 is 1.74 bits per heavy atom. The van der Waals surface area contributed by atoms with E-state index in [2.05, 4.69) is 5.16 Å². The number of amides is 2. The molecule has 6 heteroatoms. The Kier molecular flexibility index (Phi) is 4.23. The van der Waals surface area contributed by atoms with E-state index in [4.69, 9.17) is 9.62 Å². The number of aryl methyl sites for hydroxylation is 1. The molecule has 2 amide bonds. The van der Waals surface area contributed by atoms with Gasteiger partial charge in [-0.2, -0.15) is 0 Å². The summed E-state index contributed by atoms with van der Waals surface area (Å²) in [5, 5.41) is 11.3. The lowest BCUT2D eigenvalue weighted by Gasteiger charge is -2.13. The third-order valence-corrected chi connectivity index (χ3v) is 3.80. The Labute approximate surface area is 133 Å². The number of furan rings is 1. The summed E-state index contributed by atoms with van der Waals surface area (Å²) in [5.74, 6) is 0.834. The molecular weight excluding hydrogens is 296 g/mol. The molecule has 0 saturated heterocycles. The Morgan fingerprint density at radius 1 is 1.04 bits per heavy atom. The van der Waals surface area contributed by atoms with Gasteiger partial charge < -0.3 is 9.62 Å². The Morgan fingerprint density at radius 3 is 2.39 bits per heavy atom. The number of nitrogens with zero attached hydrogens (tertiary/aromatic N) is 2. The molecular formula is C17H16N2O4. The van der Waals surface area contributed by atoms with E-state index in [1.165, 1.54) is 11.1 Å². The summed E-state index contributed by atoms with van der Waals surface area (Å²) >= 11 is 0. The van der Waals surface area contributed by atoms with Crippen LogP contribution in [0.2, 0.25) is 0 Å². The van der Waals surface area contributed by atoms with Crippen LogP contribution >= 0.6 is 0 Å². The highest BCUT2D eigenvalue weighted by molar-refractivity contribution is 6.21. The largest absolute Gasteiger partial charge is 0.460 e. The van der Waals surface area contributed by atoms with E-state index in [0.717, 1.165) is 12.2 Å². The maximum Gasteiger partial charge on any atom is 0.261 e. The minimum absolute atomic E-state index is 0.218. The van der Waals surface area contributed by atoms with Gasteiger partial charge in [0.25, 0.3) is 11.8 Å². The van der Waals surface area contributed by atoms with Crippen LogP contribution in [0, 0.1) is 0 Å². The van der Waals surface area contributed by atoms with Crippen LogP contribution in [-0.4, -0.2) is 34.7 Å². The van der Waals surface area contributed by atoms with Crippen molar-refractivity contribution >= 4 is 18.0 Å². The van der Waals surface area contributed by atoms with Crippen LogP contribution in [0.25, 0.3) is 0 Å². The van der Waals surface area contributed by atoms with Crippen LogP contribution in [0.5, 0.6) is 0 Å². The molecule has 23 heavy (non-hydrogen) atoms. The molecule has 0 unspecified atom stereocenters. The molecule has 0 atom stereocenters. The van der Waals surface area contributed by atoms with Crippen molar-refractivity contribution in [1.82, 2.24) is 4.90 Å². The van der Waals surface area contributed by atoms with Gasteiger partial charge in [-0.25, -0.2) is 0 Å². The molecule has 118 valence electrons. The number of benzene rings is 1. The van der Waals surface area contributed by atoms with Crippen LogP contribution in [0.4, 0.5) is 0 Å². The topological polar surface area (TPSA) is 83.1 Å². The Balaban J connectivity index is 1.51. The third-order valence-electron chi connectivity index (χ3n) is 3.80. The number of hydrogen-bond donors (Lipinski definition) is 1. The van der Waals surface area contributed by atoms with E-state index in [-0.39, 0.29) is 11.8 Å². The normalized spacial score (nSPS) is 14.0. The predicted molar refractivity (Wildman–Crippen MR) is 82.8 cm³/mol. The molecule has 2 aromatic rings. The molecule has 2 heterocycles. The van der Waals surface area contributed by atoms with Crippen LogP contribution in [0.3, 0.4) is 0 Å². The van der Waals surface area contributed by atoms with E-state index < -0.39 is 0 Å². The van der Waals surface area contributed by atoms with Crippen LogP contribution in [-0.2, 0) is 6.42 Å². The number of imide groups is 1. The third kappa shape index (κ3) is 3.01. The van der Waals surface area contributed by atoms with Gasteiger partial charge in [0.15, 0.2) is 0 Å².